The number of aromatic nitrogens is 2. The van der Waals surface area contributed by atoms with Crippen molar-refractivity contribution in [2.24, 2.45) is 0 Å². The highest BCUT2D eigenvalue weighted by atomic mass is 15.3. The van der Waals surface area contributed by atoms with Gasteiger partial charge in [-0.05, 0) is 37.5 Å². The lowest BCUT2D eigenvalue weighted by atomic mass is 10.1. The minimum absolute atomic E-state index is 0.569. The van der Waals surface area contributed by atoms with Gasteiger partial charge >= 0.3 is 0 Å². The summed E-state index contributed by atoms with van der Waals surface area (Å²) in [6.45, 7) is 5.96. The molecule has 0 amide bonds. The predicted octanol–water partition coefficient (Wildman–Crippen LogP) is 4.35. The van der Waals surface area contributed by atoms with Crippen LogP contribution in [0.15, 0.2) is 60.7 Å². The molecule has 0 atom stereocenters. The van der Waals surface area contributed by atoms with E-state index in [2.05, 4.69) is 76.6 Å². The quantitative estimate of drug-likeness (QED) is 0.707. The van der Waals surface area contributed by atoms with Crippen molar-refractivity contribution < 1.29 is 0 Å². The van der Waals surface area contributed by atoms with Crippen LogP contribution in [0.3, 0.4) is 0 Å². The second-order valence-corrected chi connectivity index (χ2v) is 8.04. The summed E-state index contributed by atoms with van der Waals surface area (Å²) < 4.78 is 0. The van der Waals surface area contributed by atoms with Gasteiger partial charge in [0.1, 0.15) is 5.82 Å². The van der Waals surface area contributed by atoms with E-state index in [1.54, 1.807) is 0 Å². The average Bonchev–Trinajstić information content (AvgIpc) is 3.58. The van der Waals surface area contributed by atoms with Crippen molar-refractivity contribution in [3.05, 3.63) is 66.2 Å². The van der Waals surface area contributed by atoms with Crippen molar-refractivity contribution in [1.82, 2.24) is 9.97 Å². The van der Waals surface area contributed by atoms with Gasteiger partial charge in [0.25, 0.3) is 0 Å². The Morgan fingerprint density at radius 1 is 0.828 bits per heavy atom. The molecule has 29 heavy (non-hydrogen) atoms. The van der Waals surface area contributed by atoms with Gasteiger partial charge in [0.2, 0.25) is 5.95 Å². The van der Waals surface area contributed by atoms with Gasteiger partial charge < -0.3 is 15.1 Å². The lowest BCUT2D eigenvalue weighted by Gasteiger charge is -2.36. The molecule has 1 saturated heterocycles. The number of aryl methyl sites for hydroxylation is 1. The molecule has 5 heteroatoms. The fourth-order valence-electron chi connectivity index (χ4n) is 3.83. The molecule has 1 aromatic heterocycles. The molecule has 148 valence electrons. The van der Waals surface area contributed by atoms with E-state index >= 15 is 0 Å². The third-order valence-corrected chi connectivity index (χ3v) is 5.64. The van der Waals surface area contributed by atoms with Crippen molar-refractivity contribution in [2.45, 2.75) is 25.8 Å². The maximum atomic E-state index is 4.92. The zero-order valence-electron chi connectivity index (χ0n) is 16.9. The van der Waals surface area contributed by atoms with Gasteiger partial charge in [-0.25, -0.2) is 4.98 Å². The van der Waals surface area contributed by atoms with Crippen LogP contribution in [0.2, 0.25) is 0 Å². The molecule has 1 saturated carbocycles. The molecule has 2 aromatic carbocycles. The van der Waals surface area contributed by atoms with Crippen LogP contribution in [0.1, 0.15) is 18.4 Å². The Labute approximate surface area is 172 Å². The standard InChI is InChI=1S/C24H27N5/c1-18-6-5-9-21(16-18)28-12-14-29(15-13-28)24-26-22(19-7-3-2-4-8-19)17-23(27-24)25-20-10-11-20/h2-9,16-17,20H,10-15H2,1H3,(H,25,26,27). The zero-order chi connectivity index (χ0) is 19.6. The second-order valence-electron chi connectivity index (χ2n) is 8.04. The third-order valence-electron chi connectivity index (χ3n) is 5.64. The van der Waals surface area contributed by atoms with E-state index in [9.17, 15) is 0 Å². The van der Waals surface area contributed by atoms with Crippen LogP contribution in [-0.2, 0) is 0 Å². The molecule has 1 N–H and O–H groups in total. The van der Waals surface area contributed by atoms with Crippen LogP contribution in [0.25, 0.3) is 11.3 Å². The van der Waals surface area contributed by atoms with Crippen molar-refractivity contribution in [3.8, 4) is 11.3 Å². The van der Waals surface area contributed by atoms with E-state index in [1.807, 2.05) is 6.07 Å². The first-order valence-electron chi connectivity index (χ1n) is 10.5. The molecule has 2 fully saturated rings. The summed E-state index contributed by atoms with van der Waals surface area (Å²) in [5.41, 5.74) is 4.73. The number of hydrogen-bond acceptors (Lipinski definition) is 5. The summed E-state index contributed by atoms with van der Waals surface area (Å²) in [7, 11) is 0. The van der Waals surface area contributed by atoms with Gasteiger partial charge in [-0.1, -0.05) is 42.5 Å². The molecular weight excluding hydrogens is 358 g/mol. The highest BCUT2D eigenvalue weighted by Gasteiger charge is 2.24. The Morgan fingerprint density at radius 2 is 1.59 bits per heavy atom. The molecule has 2 aliphatic rings. The summed E-state index contributed by atoms with van der Waals surface area (Å²) in [5, 5.41) is 3.56. The number of nitrogens with zero attached hydrogens (tertiary/aromatic N) is 4. The normalized spacial score (nSPS) is 16.7. The predicted molar refractivity (Wildman–Crippen MR) is 120 cm³/mol. The largest absolute Gasteiger partial charge is 0.368 e. The Bertz CT molecular complexity index is 976. The summed E-state index contributed by atoms with van der Waals surface area (Å²) in [4.78, 5) is 14.6. The van der Waals surface area contributed by atoms with Crippen LogP contribution in [-0.4, -0.2) is 42.2 Å². The van der Waals surface area contributed by atoms with Gasteiger partial charge in [-0.15, -0.1) is 0 Å². The van der Waals surface area contributed by atoms with Crippen LogP contribution < -0.4 is 15.1 Å². The van der Waals surface area contributed by atoms with Crippen LogP contribution >= 0.6 is 0 Å². The fraction of sp³-hybridized carbons (Fsp3) is 0.333. The van der Waals surface area contributed by atoms with Crippen molar-refractivity contribution >= 4 is 17.5 Å². The van der Waals surface area contributed by atoms with E-state index in [4.69, 9.17) is 9.97 Å². The Kier molecular flexibility index (Phi) is 4.80. The Balaban J connectivity index is 1.37. The zero-order valence-corrected chi connectivity index (χ0v) is 16.9. The van der Waals surface area contributed by atoms with Gasteiger partial charge in [0.15, 0.2) is 0 Å². The van der Waals surface area contributed by atoms with Crippen molar-refractivity contribution in [3.63, 3.8) is 0 Å². The molecule has 0 bridgehead atoms. The first kappa shape index (κ1) is 18.0. The highest BCUT2D eigenvalue weighted by Crippen LogP contribution is 2.28. The third kappa shape index (κ3) is 4.19. The maximum absolute atomic E-state index is 4.92. The van der Waals surface area contributed by atoms with Gasteiger partial charge in [-0.2, -0.15) is 4.98 Å². The summed E-state index contributed by atoms with van der Waals surface area (Å²) in [6.07, 6.45) is 2.46. The number of rotatable bonds is 5. The Morgan fingerprint density at radius 3 is 2.31 bits per heavy atom. The van der Waals surface area contributed by atoms with E-state index in [-0.39, 0.29) is 0 Å². The molecule has 5 rings (SSSR count). The lowest BCUT2D eigenvalue weighted by Crippen LogP contribution is -2.47. The molecule has 1 aliphatic heterocycles. The molecule has 0 spiro atoms. The first-order valence-corrected chi connectivity index (χ1v) is 10.5. The number of nitrogens with one attached hydrogen (secondary N) is 1. The summed E-state index contributed by atoms with van der Waals surface area (Å²) in [6, 6.07) is 21.8. The minimum atomic E-state index is 0.569. The van der Waals surface area contributed by atoms with Gasteiger partial charge in [0, 0.05) is 49.5 Å². The van der Waals surface area contributed by atoms with E-state index < -0.39 is 0 Å². The minimum Gasteiger partial charge on any atom is -0.368 e. The SMILES string of the molecule is Cc1cccc(N2CCN(c3nc(NC4CC4)cc(-c4ccccc4)n3)CC2)c1. The van der Waals surface area contributed by atoms with Gasteiger partial charge in [0.05, 0.1) is 5.69 Å². The highest BCUT2D eigenvalue weighted by molar-refractivity contribution is 5.65. The smallest absolute Gasteiger partial charge is 0.227 e. The molecule has 1 aliphatic carbocycles. The first-order chi connectivity index (χ1) is 14.2. The average molecular weight is 386 g/mol. The lowest BCUT2D eigenvalue weighted by molar-refractivity contribution is 0.640. The topological polar surface area (TPSA) is 44.3 Å². The number of hydrogen-bond donors (Lipinski definition) is 1. The molecule has 0 radical (unpaired) electrons. The molecule has 5 nitrogen and oxygen atoms in total. The summed E-state index contributed by atoms with van der Waals surface area (Å²) >= 11 is 0. The van der Waals surface area contributed by atoms with E-state index in [0.717, 1.165) is 49.2 Å². The van der Waals surface area contributed by atoms with E-state index in [0.29, 0.717) is 6.04 Å². The number of anilines is 3. The number of piperazine rings is 1. The Hall–Kier alpha value is -3.08. The van der Waals surface area contributed by atoms with Gasteiger partial charge in [-0.3, -0.25) is 0 Å². The molecule has 3 aromatic rings. The van der Waals surface area contributed by atoms with Crippen LogP contribution in [0.5, 0.6) is 0 Å². The molecular formula is C24H27N5. The van der Waals surface area contributed by atoms with Crippen molar-refractivity contribution in [1.29, 1.82) is 0 Å². The van der Waals surface area contributed by atoms with Crippen molar-refractivity contribution in [2.75, 3.05) is 41.3 Å². The molecule has 2 heterocycles. The number of benzene rings is 2. The monoisotopic (exact) mass is 385 g/mol. The second kappa shape index (κ2) is 7.74. The van der Waals surface area contributed by atoms with Crippen LogP contribution in [0, 0.1) is 6.92 Å². The fourth-order valence-corrected chi connectivity index (χ4v) is 3.83. The summed E-state index contributed by atoms with van der Waals surface area (Å²) in [5.74, 6) is 1.77. The van der Waals surface area contributed by atoms with E-state index in [1.165, 1.54) is 24.1 Å². The van der Waals surface area contributed by atoms with Crippen LogP contribution in [0.4, 0.5) is 17.5 Å². The molecule has 0 unspecified atom stereocenters. The maximum Gasteiger partial charge on any atom is 0.227 e.